The van der Waals surface area contributed by atoms with Crippen LogP contribution in [0.25, 0.3) is 0 Å². The maximum atomic E-state index is 14.1. The Morgan fingerprint density at radius 2 is 1.80 bits per heavy atom. The summed E-state index contributed by atoms with van der Waals surface area (Å²) in [6.45, 7) is -0.291. The Hall–Kier alpha value is -3.39. The molecular formula is C31H31Cl2FN3O7S-. The molecule has 0 aromatic heterocycles. The third kappa shape index (κ3) is 8.26. The number of rotatable bonds is 7. The van der Waals surface area contributed by atoms with Gasteiger partial charge in [-0.2, -0.15) is 0 Å². The van der Waals surface area contributed by atoms with Crippen molar-refractivity contribution in [2.75, 3.05) is 6.26 Å². The molecule has 0 saturated heterocycles. The van der Waals surface area contributed by atoms with Crippen molar-refractivity contribution in [3.63, 3.8) is 0 Å². The van der Waals surface area contributed by atoms with Crippen molar-refractivity contribution in [2.45, 2.75) is 56.3 Å². The average molecular weight is 680 g/mol. The summed E-state index contributed by atoms with van der Waals surface area (Å²) in [6.07, 6.45) is 4.33. The van der Waals surface area contributed by atoms with Crippen LogP contribution >= 0.6 is 23.2 Å². The van der Waals surface area contributed by atoms with Gasteiger partial charge in [-0.1, -0.05) is 71.4 Å². The largest absolute Gasteiger partial charge is 0.773 e. The fourth-order valence-corrected chi connectivity index (χ4v) is 6.39. The second kappa shape index (κ2) is 15.3. The predicted molar refractivity (Wildman–Crippen MR) is 166 cm³/mol. The predicted octanol–water partition coefficient (Wildman–Crippen LogP) is 5.12. The summed E-state index contributed by atoms with van der Waals surface area (Å²) in [4.78, 5) is 46.4. The molecular weight excluding hydrogens is 648 g/mol. The summed E-state index contributed by atoms with van der Waals surface area (Å²) in [6, 6.07) is 13.6. The Balaban J connectivity index is 0.00000109. The second-order valence-electron chi connectivity index (χ2n) is 10.7. The number of hydroxylamine groups is 1. The minimum atomic E-state index is -1.86. The van der Waals surface area contributed by atoms with E-state index in [4.69, 9.17) is 42.5 Å². The Morgan fingerprint density at radius 3 is 2.47 bits per heavy atom. The van der Waals surface area contributed by atoms with E-state index in [1.165, 1.54) is 6.07 Å². The molecule has 1 fully saturated rings. The number of nitrogens with one attached hydrogen (secondary N) is 1. The van der Waals surface area contributed by atoms with Crippen molar-refractivity contribution >= 4 is 52.1 Å². The van der Waals surface area contributed by atoms with E-state index < -0.39 is 40.7 Å². The number of nitrogens with zero attached hydrogens (tertiary/aromatic N) is 1. The maximum absolute atomic E-state index is 14.1. The van der Waals surface area contributed by atoms with Gasteiger partial charge in [0.2, 0.25) is 0 Å². The normalized spacial score (nSPS) is 21.6. The van der Waals surface area contributed by atoms with Gasteiger partial charge in [-0.25, -0.2) is 14.7 Å². The highest BCUT2D eigenvalue weighted by atomic mass is 35.5. The lowest BCUT2D eigenvalue weighted by Gasteiger charge is -2.48. The van der Waals surface area contributed by atoms with Crippen LogP contribution in [0, 0.1) is 5.82 Å². The monoisotopic (exact) mass is 678 g/mol. The summed E-state index contributed by atoms with van der Waals surface area (Å²) in [5.41, 5.74) is 10.4. The number of benzene rings is 3. The van der Waals surface area contributed by atoms with E-state index in [0.717, 1.165) is 37.7 Å². The minimum absolute atomic E-state index is 0.217. The summed E-state index contributed by atoms with van der Waals surface area (Å²) >= 11 is 11.0. The molecule has 0 bridgehead atoms. The van der Waals surface area contributed by atoms with Gasteiger partial charge in [0.15, 0.2) is 0 Å². The van der Waals surface area contributed by atoms with Gasteiger partial charge in [0.25, 0.3) is 11.8 Å². The topological polar surface area (TPSA) is 162 Å². The molecule has 2 aliphatic rings. The molecule has 5 rings (SSSR count). The molecule has 1 aliphatic carbocycles. The van der Waals surface area contributed by atoms with Gasteiger partial charge in [-0.3, -0.25) is 18.6 Å². The van der Waals surface area contributed by atoms with E-state index in [1.54, 1.807) is 47.4 Å². The number of halogens is 3. The number of hydrogen-bond acceptors (Lipinski definition) is 7. The zero-order valence-corrected chi connectivity index (χ0v) is 26.4. The molecule has 10 nitrogen and oxygen atoms in total. The van der Waals surface area contributed by atoms with Gasteiger partial charge in [0.05, 0.1) is 24.1 Å². The molecule has 14 heteroatoms. The number of hydrogen-bond donors (Lipinski definition) is 3. The zero-order valence-electron chi connectivity index (χ0n) is 24.1. The SMILES string of the molecule is CS(=O)[O-].N[C@H]1CCCC[C@@H]1N1C(=O)c2ccccc2[C@@H](C(=O)NOCc2cc(F)cc(C(=O)O)c2)[C@@H]1c1ccc(Cl)cc1Cl. The van der Waals surface area contributed by atoms with E-state index in [0.29, 0.717) is 33.2 Å². The van der Waals surface area contributed by atoms with Crippen LogP contribution in [0.15, 0.2) is 60.7 Å². The number of amides is 2. The number of nitrogens with two attached hydrogens (primary N) is 1. The first-order valence-corrected chi connectivity index (χ1v) is 16.2. The molecule has 1 heterocycles. The van der Waals surface area contributed by atoms with Crippen molar-refractivity contribution < 1.29 is 37.5 Å². The fourth-order valence-electron chi connectivity index (χ4n) is 5.87. The van der Waals surface area contributed by atoms with Gasteiger partial charge in [0.1, 0.15) is 5.82 Å². The van der Waals surface area contributed by atoms with Gasteiger partial charge >= 0.3 is 5.97 Å². The van der Waals surface area contributed by atoms with Crippen LogP contribution in [0.1, 0.15) is 75.0 Å². The van der Waals surface area contributed by atoms with E-state index in [-0.39, 0.29) is 35.7 Å². The lowest BCUT2D eigenvalue weighted by atomic mass is 9.76. The second-order valence-corrected chi connectivity index (χ2v) is 12.4. The van der Waals surface area contributed by atoms with Crippen molar-refractivity contribution in [3.05, 3.63) is 104 Å². The number of carboxylic acid groups (broad SMARTS) is 1. The molecule has 1 aliphatic heterocycles. The molecule has 4 N–H and O–H groups in total. The Bertz CT molecular complexity index is 1610. The molecule has 45 heavy (non-hydrogen) atoms. The molecule has 2 amide bonds. The lowest BCUT2D eigenvalue weighted by Crippen LogP contribution is -2.57. The van der Waals surface area contributed by atoms with Crippen LogP contribution < -0.4 is 11.2 Å². The van der Waals surface area contributed by atoms with Crippen LogP contribution in [0.3, 0.4) is 0 Å². The van der Waals surface area contributed by atoms with Crippen molar-refractivity contribution in [1.82, 2.24) is 10.4 Å². The first kappa shape index (κ1) is 34.5. The molecule has 1 saturated carbocycles. The van der Waals surface area contributed by atoms with E-state index in [1.807, 2.05) is 0 Å². The lowest BCUT2D eigenvalue weighted by molar-refractivity contribution is -0.138. The zero-order chi connectivity index (χ0) is 32.8. The molecule has 5 atom stereocenters. The molecule has 3 aromatic rings. The number of carboxylic acids is 1. The van der Waals surface area contributed by atoms with Crippen LogP contribution in [0.4, 0.5) is 4.39 Å². The molecule has 1 unspecified atom stereocenters. The standard InChI is InChI=1S/C30H28Cl2FN3O5.CH4O2S/c31-18-9-10-22(23(32)14-18)27-26(28(37)35-41-15-16-11-17(30(39)40)13-19(33)12-16)20-5-1-2-6-21(20)29(38)36(27)25-8-4-3-7-24(25)34;1-4(2)3/h1-2,5-6,9-14,24-27H,3-4,7-8,15,34H2,(H,35,37)(H,39,40);1H3,(H,2,3)/p-1/t24-,25-,26+,27-;/m0./s1. The summed E-state index contributed by atoms with van der Waals surface area (Å²) in [5.74, 6) is -3.79. The van der Waals surface area contributed by atoms with Gasteiger partial charge in [-0.15, -0.1) is 0 Å². The molecule has 240 valence electrons. The molecule has 0 spiro atoms. The highest BCUT2D eigenvalue weighted by Crippen LogP contribution is 2.47. The minimum Gasteiger partial charge on any atom is -0.773 e. The third-order valence-corrected chi connectivity index (χ3v) is 8.26. The summed E-state index contributed by atoms with van der Waals surface area (Å²) < 4.78 is 31.9. The smallest absolute Gasteiger partial charge is 0.335 e. The first-order valence-electron chi connectivity index (χ1n) is 14.0. The van der Waals surface area contributed by atoms with Crippen LogP contribution in [0.2, 0.25) is 10.0 Å². The maximum Gasteiger partial charge on any atom is 0.335 e. The number of carbonyl (C=O) groups excluding carboxylic acids is 2. The fraction of sp³-hybridized carbons (Fsp3) is 0.323. The molecule has 0 radical (unpaired) electrons. The van der Waals surface area contributed by atoms with Gasteiger partial charge in [0, 0.05) is 27.7 Å². The van der Waals surface area contributed by atoms with Gasteiger partial charge < -0.3 is 20.3 Å². The summed E-state index contributed by atoms with van der Waals surface area (Å²) in [7, 11) is 0. The van der Waals surface area contributed by atoms with Crippen LogP contribution in [-0.2, 0) is 27.3 Å². The first-order chi connectivity index (χ1) is 21.4. The highest BCUT2D eigenvalue weighted by Gasteiger charge is 2.48. The number of aromatic carboxylic acids is 1. The van der Waals surface area contributed by atoms with Crippen LogP contribution in [-0.4, -0.2) is 54.9 Å². The Labute approximate surface area is 271 Å². The van der Waals surface area contributed by atoms with E-state index in [9.17, 15) is 23.9 Å². The average Bonchev–Trinajstić information content (AvgIpc) is 2.97. The quantitative estimate of drug-likeness (QED) is 0.229. The third-order valence-electron chi connectivity index (χ3n) is 7.69. The number of carbonyl (C=O) groups is 3. The van der Waals surface area contributed by atoms with Crippen molar-refractivity contribution in [1.29, 1.82) is 0 Å². The van der Waals surface area contributed by atoms with E-state index in [2.05, 4.69) is 5.48 Å². The van der Waals surface area contributed by atoms with Gasteiger partial charge in [-0.05, 0) is 72.2 Å². The summed E-state index contributed by atoms with van der Waals surface area (Å²) in [5, 5.41) is 9.92. The Kier molecular flexibility index (Phi) is 11.7. The van der Waals surface area contributed by atoms with Crippen molar-refractivity contribution in [3.8, 4) is 0 Å². The highest BCUT2D eigenvalue weighted by molar-refractivity contribution is 7.78. The van der Waals surface area contributed by atoms with Crippen LogP contribution in [0.5, 0.6) is 0 Å². The molecule has 3 aromatic carbocycles. The number of fused-ring (bicyclic) bond motifs is 1. The van der Waals surface area contributed by atoms with E-state index >= 15 is 0 Å². The Morgan fingerprint density at radius 1 is 1.11 bits per heavy atom. The van der Waals surface area contributed by atoms with Crippen molar-refractivity contribution in [2.24, 2.45) is 5.73 Å².